The number of carbonyl (C=O) groups excluding carboxylic acids is 2. The van der Waals surface area contributed by atoms with E-state index in [0.29, 0.717) is 22.0 Å². The third kappa shape index (κ3) is 6.03. The summed E-state index contributed by atoms with van der Waals surface area (Å²) in [7, 11) is 1.54. The van der Waals surface area contributed by atoms with E-state index in [0.717, 1.165) is 0 Å². The van der Waals surface area contributed by atoms with Crippen LogP contribution in [0.1, 0.15) is 30.6 Å². The zero-order valence-corrected chi connectivity index (χ0v) is 17.8. The van der Waals surface area contributed by atoms with Gasteiger partial charge in [0, 0.05) is 45.9 Å². The second-order valence-electron chi connectivity index (χ2n) is 6.37. The van der Waals surface area contributed by atoms with Crippen LogP contribution in [-0.4, -0.2) is 38.6 Å². The van der Waals surface area contributed by atoms with Crippen molar-refractivity contribution in [3.63, 3.8) is 0 Å². The highest BCUT2D eigenvalue weighted by atomic mass is 35.5. The van der Waals surface area contributed by atoms with Gasteiger partial charge in [-0.3, -0.25) is 18.5 Å². The SMILES string of the molecule is C/C=C(\C=C/C1=CC(CC(=O)NS(=O)[O-])C(C)N1C(=O)c1ccc(Cl)cc1)OC. The highest BCUT2D eigenvalue weighted by Crippen LogP contribution is 2.32. The summed E-state index contributed by atoms with van der Waals surface area (Å²) in [5.41, 5.74) is 1.04. The minimum Gasteiger partial charge on any atom is -0.755 e. The second-order valence-corrected chi connectivity index (χ2v) is 7.48. The molecule has 0 aliphatic carbocycles. The highest BCUT2D eigenvalue weighted by Gasteiger charge is 2.35. The Kier molecular flexibility index (Phi) is 8.19. The lowest BCUT2D eigenvalue weighted by Crippen LogP contribution is -2.38. The Hall–Kier alpha value is -2.42. The van der Waals surface area contributed by atoms with Gasteiger partial charge in [-0.05, 0) is 56.3 Å². The Bertz CT molecular complexity index is 879. The van der Waals surface area contributed by atoms with Crippen LogP contribution in [0.2, 0.25) is 5.02 Å². The number of hydrogen-bond donors (Lipinski definition) is 1. The minimum absolute atomic E-state index is 0.0718. The summed E-state index contributed by atoms with van der Waals surface area (Å²) in [6.45, 7) is 3.63. The van der Waals surface area contributed by atoms with E-state index in [1.165, 1.54) is 7.11 Å². The van der Waals surface area contributed by atoms with E-state index >= 15 is 0 Å². The Morgan fingerprint density at radius 1 is 1.34 bits per heavy atom. The lowest BCUT2D eigenvalue weighted by molar-refractivity contribution is -0.120. The van der Waals surface area contributed by atoms with Gasteiger partial charge < -0.3 is 14.2 Å². The molecule has 0 fully saturated rings. The van der Waals surface area contributed by atoms with Crippen LogP contribution in [0.15, 0.2) is 60.0 Å². The van der Waals surface area contributed by atoms with Crippen molar-refractivity contribution in [1.29, 1.82) is 0 Å². The molecular formula is C20H22ClN2O5S-. The molecule has 156 valence electrons. The molecule has 1 aliphatic rings. The summed E-state index contributed by atoms with van der Waals surface area (Å²) in [6, 6.07) is 6.16. The molecule has 3 unspecified atom stereocenters. The van der Waals surface area contributed by atoms with Crippen LogP contribution in [0, 0.1) is 5.92 Å². The molecule has 0 radical (unpaired) electrons. The smallest absolute Gasteiger partial charge is 0.258 e. The molecule has 1 aliphatic heterocycles. The maximum Gasteiger partial charge on any atom is 0.258 e. The monoisotopic (exact) mass is 437 g/mol. The Morgan fingerprint density at radius 2 is 2.00 bits per heavy atom. The molecule has 0 saturated heterocycles. The molecule has 1 aromatic carbocycles. The minimum atomic E-state index is -2.68. The number of nitrogens with zero attached hydrogens (tertiary/aromatic N) is 1. The number of halogens is 1. The van der Waals surface area contributed by atoms with Crippen molar-refractivity contribution in [3.05, 3.63) is 70.6 Å². The third-order valence-corrected chi connectivity index (χ3v) is 5.20. The number of ether oxygens (including phenoxy) is 1. The van der Waals surface area contributed by atoms with Gasteiger partial charge in [-0.15, -0.1) is 0 Å². The maximum absolute atomic E-state index is 13.1. The molecule has 0 spiro atoms. The number of benzene rings is 1. The topological polar surface area (TPSA) is 98.8 Å². The summed E-state index contributed by atoms with van der Waals surface area (Å²) in [4.78, 5) is 26.6. The molecule has 0 saturated carbocycles. The van der Waals surface area contributed by atoms with E-state index in [2.05, 4.69) is 0 Å². The number of hydrogen-bond acceptors (Lipinski definition) is 5. The first kappa shape index (κ1) is 22.9. The van der Waals surface area contributed by atoms with Gasteiger partial charge in [0.25, 0.3) is 5.91 Å². The standard InChI is InChI=1S/C20H23ClN2O5S/c1-4-18(28-3)10-9-17-11-15(12-19(24)22-29(26)27)13(2)23(17)20(25)14-5-7-16(21)8-6-14/h4-11,13,15H,12H2,1-3H3,(H,22,24)(H,26,27)/p-1/b10-9-,18-4+. The van der Waals surface area contributed by atoms with E-state index in [9.17, 15) is 18.4 Å². The van der Waals surface area contributed by atoms with Crippen LogP contribution < -0.4 is 4.72 Å². The Labute approximate surface area is 177 Å². The number of carbonyl (C=O) groups is 2. The van der Waals surface area contributed by atoms with E-state index < -0.39 is 17.2 Å². The van der Waals surface area contributed by atoms with Gasteiger partial charge in [0.1, 0.15) is 5.76 Å². The quantitative estimate of drug-likeness (QED) is 0.401. The molecule has 29 heavy (non-hydrogen) atoms. The summed E-state index contributed by atoms with van der Waals surface area (Å²) < 4.78 is 28.5. The van der Waals surface area contributed by atoms with Crippen LogP contribution >= 0.6 is 11.6 Å². The molecule has 9 heteroatoms. The first-order valence-electron chi connectivity index (χ1n) is 8.85. The molecule has 2 amide bonds. The number of rotatable bonds is 7. The largest absolute Gasteiger partial charge is 0.755 e. The van der Waals surface area contributed by atoms with Gasteiger partial charge in [-0.25, -0.2) is 0 Å². The molecule has 1 aromatic rings. The van der Waals surface area contributed by atoms with Gasteiger partial charge in [0.15, 0.2) is 0 Å². The van der Waals surface area contributed by atoms with Gasteiger partial charge in [-0.2, -0.15) is 0 Å². The molecule has 2 rings (SSSR count). The average molecular weight is 438 g/mol. The van der Waals surface area contributed by atoms with E-state index in [4.69, 9.17) is 16.3 Å². The predicted octanol–water partition coefficient (Wildman–Crippen LogP) is 3.09. The first-order chi connectivity index (χ1) is 13.8. The molecule has 3 atom stereocenters. The van der Waals surface area contributed by atoms with Crippen LogP contribution in [-0.2, 0) is 20.8 Å². The van der Waals surface area contributed by atoms with Crippen molar-refractivity contribution < 1.29 is 23.1 Å². The fraction of sp³-hybridized carbons (Fsp3) is 0.300. The fourth-order valence-electron chi connectivity index (χ4n) is 3.06. The summed E-state index contributed by atoms with van der Waals surface area (Å²) in [5, 5.41) is 0.518. The van der Waals surface area contributed by atoms with Crippen LogP contribution in [0.25, 0.3) is 0 Å². The number of methoxy groups -OCH3 is 1. The predicted molar refractivity (Wildman–Crippen MR) is 110 cm³/mol. The molecule has 1 heterocycles. The first-order valence-corrected chi connectivity index (χ1v) is 10.3. The lowest BCUT2D eigenvalue weighted by Gasteiger charge is -2.27. The second kappa shape index (κ2) is 10.4. The molecule has 7 nitrogen and oxygen atoms in total. The Morgan fingerprint density at radius 3 is 2.55 bits per heavy atom. The van der Waals surface area contributed by atoms with Crippen molar-refractivity contribution in [1.82, 2.24) is 9.62 Å². The zero-order chi connectivity index (χ0) is 21.6. The van der Waals surface area contributed by atoms with Gasteiger partial charge >= 0.3 is 0 Å². The van der Waals surface area contributed by atoms with Crippen LogP contribution in [0.3, 0.4) is 0 Å². The van der Waals surface area contributed by atoms with Crippen molar-refractivity contribution in [3.8, 4) is 0 Å². The molecule has 0 bridgehead atoms. The van der Waals surface area contributed by atoms with Gasteiger partial charge in [0.05, 0.1) is 7.11 Å². The number of amides is 2. The highest BCUT2D eigenvalue weighted by molar-refractivity contribution is 7.77. The van der Waals surface area contributed by atoms with Crippen molar-refractivity contribution >= 4 is 34.7 Å². The zero-order valence-electron chi connectivity index (χ0n) is 16.3. The van der Waals surface area contributed by atoms with E-state index in [1.807, 2.05) is 18.6 Å². The number of nitrogens with one attached hydrogen (secondary N) is 1. The lowest BCUT2D eigenvalue weighted by atomic mass is 9.99. The van der Waals surface area contributed by atoms with Crippen molar-refractivity contribution in [2.45, 2.75) is 26.3 Å². The van der Waals surface area contributed by atoms with Gasteiger partial charge in [0.2, 0.25) is 5.91 Å². The molecule has 0 aromatic heterocycles. The Balaban J connectivity index is 2.33. The third-order valence-electron chi connectivity index (χ3n) is 4.56. The van der Waals surface area contributed by atoms with Gasteiger partial charge in [-0.1, -0.05) is 17.7 Å². The fourth-order valence-corrected chi connectivity index (χ4v) is 3.46. The average Bonchev–Trinajstić information content (AvgIpc) is 2.97. The van der Waals surface area contributed by atoms with E-state index in [1.54, 1.807) is 53.5 Å². The van der Waals surface area contributed by atoms with E-state index in [-0.39, 0.29) is 24.3 Å². The van der Waals surface area contributed by atoms with Crippen molar-refractivity contribution in [2.75, 3.05) is 7.11 Å². The molecular weight excluding hydrogens is 416 g/mol. The normalized spacial score (nSPS) is 20.5. The van der Waals surface area contributed by atoms with Crippen LogP contribution in [0.5, 0.6) is 0 Å². The summed E-state index contributed by atoms with van der Waals surface area (Å²) >= 11 is 3.23. The summed E-state index contributed by atoms with van der Waals surface area (Å²) in [5.74, 6) is -0.632. The maximum atomic E-state index is 13.1. The number of allylic oxidation sites excluding steroid dienone is 3. The van der Waals surface area contributed by atoms with Crippen LogP contribution in [0.4, 0.5) is 0 Å². The molecule has 1 N–H and O–H groups in total. The summed E-state index contributed by atoms with van der Waals surface area (Å²) in [6.07, 6.45) is 6.93. The van der Waals surface area contributed by atoms with Crippen molar-refractivity contribution in [2.24, 2.45) is 5.92 Å².